The predicted molar refractivity (Wildman–Crippen MR) is 67.7 cm³/mol. The molecule has 0 radical (unpaired) electrons. The molecular formula is C11H15N5O2S. The van der Waals surface area contributed by atoms with Crippen molar-refractivity contribution in [3.8, 4) is 0 Å². The summed E-state index contributed by atoms with van der Waals surface area (Å²) in [4.78, 5) is 0.237. The summed E-state index contributed by atoms with van der Waals surface area (Å²) >= 11 is 0. The zero-order chi connectivity index (χ0) is 13.5. The average molecular weight is 281 g/mol. The number of aromatic nitrogens is 4. The van der Waals surface area contributed by atoms with Gasteiger partial charge in [0.25, 0.3) is 0 Å². The van der Waals surface area contributed by atoms with Crippen LogP contribution in [0, 0.1) is 0 Å². The molecule has 3 heterocycles. The van der Waals surface area contributed by atoms with Crippen molar-refractivity contribution >= 4 is 10.0 Å². The van der Waals surface area contributed by atoms with Gasteiger partial charge in [0, 0.05) is 26.0 Å². The molecule has 1 atom stereocenters. The fourth-order valence-corrected chi connectivity index (χ4v) is 4.12. The quantitative estimate of drug-likeness (QED) is 0.896. The van der Waals surface area contributed by atoms with E-state index in [2.05, 4.69) is 15.3 Å². The molecule has 0 aromatic carbocycles. The molecule has 2 aromatic rings. The number of hydrogen-bond donors (Lipinski definition) is 1. The van der Waals surface area contributed by atoms with Crippen LogP contribution in [0.25, 0.3) is 0 Å². The van der Waals surface area contributed by atoms with Crippen LogP contribution in [0.5, 0.6) is 0 Å². The first-order chi connectivity index (χ1) is 9.09. The van der Waals surface area contributed by atoms with Crippen molar-refractivity contribution in [3.63, 3.8) is 0 Å². The van der Waals surface area contributed by atoms with Crippen molar-refractivity contribution in [1.29, 1.82) is 0 Å². The smallest absolute Gasteiger partial charge is 0.246 e. The van der Waals surface area contributed by atoms with Gasteiger partial charge < -0.3 is 0 Å². The highest BCUT2D eigenvalue weighted by Crippen LogP contribution is 2.35. The average Bonchev–Trinajstić information content (AvgIpc) is 3.09. The maximum atomic E-state index is 12.6. The number of sulfonamides is 1. The Morgan fingerprint density at radius 2 is 2.32 bits per heavy atom. The van der Waals surface area contributed by atoms with Crippen molar-refractivity contribution in [2.45, 2.75) is 23.8 Å². The molecule has 1 aliphatic heterocycles. The minimum absolute atomic E-state index is 0.160. The summed E-state index contributed by atoms with van der Waals surface area (Å²) in [5.41, 5.74) is 0.838. The second-order valence-electron chi connectivity index (χ2n) is 4.64. The van der Waals surface area contributed by atoms with Crippen LogP contribution in [-0.4, -0.2) is 39.2 Å². The fourth-order valence-electron chi connectivity index (χ4n) is 2.46. The predicted octanol–water partition coefficient (Wildman–Crippen LogP) is 0.669. The van der Waals surface area contributed by atoms with Crippen LogP contribution < -0.4 is 0 Å². The summed E-state index contributed by atoms with van der Waals surface area (Å²) < 4.78 is 28.2. The Kier molecular flexibility index (Phi) is 2.90. The molecule has 102 valence electrons. The molecule has 1 saturated heterocycles. The van der Waals surface area contributed by atoms with Gasteiger partial charge in [-0.3, -0.25) is 9.78 Å². The molecule has 3 rings (SSSR count). The summed E-state index contributed by atoms with van der Waals surface area (Å²) in [5, 5.41) is 10.7. The van der Waals surface area contributed by atoms with Gasteiger partial charge in [-0.1, -0.05) is 0 Å². The first-order valence-electron chi connectivity index (χ1n) is 6.09. The summed E-state index contributed by atoms with van der Waals surface area (Å²) in [6, 6.07) is 1.66. The summed E-state index contributed by atoms with van der Waals surface area (Å²) in [6.45, 7) is 0.529. The highest BCUT2D eigenvalue weighted by atomic mass is 32.2. The van der Waals surface area contributed by atoms with Crippen LogP contribution in [0.4, 0.5) is 0 Å². The molecule has 1 fully saturated rings. The first kappa shape index (κ1) is 12.4. The third-order valence-electron chi connectivity index (χ3n) is 3.37. The lowest BCUT2D eigenvalue weighted by Gasteiger charge is -2.22. The third kappa shape index (κ3) is 2.06. The van der Waals surface area contributed by atoms with Crippen molar-refractivity contribution in [1.82, 2.24) is 24.3 Å². The van der Waals surface area contributed by atoms with Crippen LogP contribution in [-0.2, 0) is 17.1 Å². The number of aryl methyl sites for hydroxylation is 1. The van der Waals surface area contributed by atoms with E-state index in [4.69, 9.17) is 0 Å². The van der Waals surface area contributed by atoms with Gasteiger partial charge in [0.05, 0.1) is 17.9 Å². The number of aromatic amines is 1. The van der Waals surface area contributed by atoms with E-state index in [1.807, 2.05) is 6.07 Å². The number of nitrogens with zero attached hydrogens (tertiary/aromatic N) is 4. The molecule has 19 heavy (non-hydrogen) atoms. The zero-order valence-corrected chi connectivity index (χ0v) is 11.3. The lowest BCUT2D eigenvalue weighted by Crippen LogP contribution is -2.30. The first-order valence-corrected chi connectivity index (χ1v) is 7.53. The van der Waals surface area contributed by atoms with Crippen molar-refractivity contribution in [2.24, 2.45) is 7.05 Å². The fraction of sp³-hybridized carbons (Fsp3) is 0.455. The number of H-pyrrole nitrogens is 1. The number of rotatable bonds is 3. The molecule has 0 aliphatic carbocycles. The molecule has 1 unspecified atom stereocenters. The lowest BCUT2D eigenvalue weighted by molar-refractivity contribution is 0.390. The van der Waals surface area contributed by atoms with Gasteiger partial charge >= 0.3 is 0 Å². The number of hydrogen-bond acceptors (Lipinski definition) is 4. The largest absolute Gasteiger partial charge is 0.281 e. The summed E-state index contributed by atoms with van der Waals surface area (Å²) in [5.74, 6) is 0. The van der Waals surface area contributed by atoms with E-state index in [-0.39, 0.29) is 10.9 Å². The monoisotopic (exact) mass is 281 g/mol. The summed E-state index contributed by atoms with van der Waals surface area (Å²) in [6.07, 6.45) is 6.21. The van der Waals surface area contributed by atoms with Crippen LogP contribution in [0.15, 0.2) is 29.6 Å². The topological polar surface area (TPSA) is 83.9 Å². The van der Waals surface area contributed by atoms with Crippen LogP contribution in [0.1, 0.15) is 24.6 Å². The minimum atomic E-state index is -3.49. The standard InChI is InChI=1S/C11H15N5O2S/c1-15-8-9(7-13-15)19(17,18)16-6-2-3-11(16)10-4-5-12-14-10/h4-5,7-8,11H,2-3,6H2,1H3,(H,12,14). The van der Waals surface area contributed by atoms with Crippen LogP contribution >= 0.6 is 0 Å². The van der Waals surface area contributed by atoms with Gasteiger partial charge in [0.2, 0.25) is 10.0 Å². The lowest BCUT2D eigenvalue weighted by atomic mass is 10.2. The van der Waals surface area contributed by atoms with E-state index in [0.717, 1.165) is 18.5 Å². The van der Waals surface area contributed by atoms with Gasteiger partial charge in [-0.15, -0.1) is 0 Å². The molecule has 0 saturated carbocycles. The van der Waals surface area contributed by atoms with Gasteiger partial charge in [-0.2, -0.15) is 14.5 Å². The van der Waals surface area contributed by atoms with Gasteiger partial charge in [-0.05, 0) is 18.9 Å². The maximum Gasteiger partial charge on any atom is 0.246 e. The van der Waals surface area contributed by atoms with E-state index >= 15 is 0 Å². The molecule has 8 heteroatoms. The Morgan fingerprint density at radius 3 is 2.95 bits per heavy atom. The van der Waals surface area contributed by atoms with E-state index in [9.17, 15) is 8.42 Å². The van der Waals surface area contributed by atoms with Crippen LogP contribution in [0.3, 0.4) is 0 Å². The highest BCUT2D eigenvalue weighted by molar-refractivity contribution is 7.89. The molecule has 0 spiro atoms. The Bertz CT molecular complexity index is 661. The Morgan fingerprint density at radius 1 is 1.47 bits per heavy atom. The molecule has 0 amide bonds. The van der Waals surface area contributed by atoms with Crippen molar-refractivity contribution < 1.29 is 8.42 Å². The van der Waals surface area contributed by atoms with Crippen molar-refractivity contribution in [2.75, 3.05) is 6.54 Å². The normalized spacial score (nSPS) is 21.0. The SMILES string of the molecule is Cn1cc(S(=O)(=O)N2CCCC2c2ccn[nH]2)cn1. The van der Waals surface area contributed by atoms with Gasteiger partial charge in [0.15, 0.2) is 0 Å². The number of nitrogens with one attached hydrogen (secondary N) is 1. The molecule has 1 aliphatic rings. The van der Waals surface area contributed by atoms with Crippen LogP contribution in [0.2, 0.25) is 0 Å². The van der Waals surface area contributed by atoms with Gasteiger partial charge in [-0.25, -0.2) is 8.42 Å². The Labute approximate surface area is 111 Å². The van der Waals surface area contributed by atoms with E-state index in [0.29, 0.717) is 6.54 Å². The minimum Gasteiger partial charge on any atom is -0.281 e. The van der Waals surface area contributed by atoms with Gasteiger partial charge in [0.1, 0.15) is 4.90 Å². The highest BCUT2D eigenvalue weighted by Gasteiger charge is 2.37. The zero-order valence-electron chi connectivity index (χ0n) is 10.5. The molecular weight excluding hydrogens is 266 g/mol. The third-order valence-corrected chi connectivity index (χ3v) is 5.23. The second kappa shape index (κ2) is 4.46. The molecule has 7 nitrogen and oxygen atoms in total. The molecule has 2 aromatic heterocycles. The molecule has 1 N–H and O–H groups in total. The maximum absolute atomic E-state index is 12.6. The van der Waals surface area contributed by atoms with Crippen molar-refractivity contribution in [3.05, 3.63) is 30.4 Å². The van der Waals surface area contributed by atoms with E-state index in [1.165, 1.54) is 21.4 Å². The molecule has 0 bridgehead atoms. The van der Waals surface area contributed by atoms with E-state index in [1.54, 1.807) is 13.2 Å². The van der Waals surface area contributed by atoms with E-state index < -0.39 is 10.0 Å². The Balaban J connectivity index is 1.96. The summed E-state index contributed by atoms with van der Waals surface area (Å²) in [7, 11) is -1.79. The Hall–Kier alpha value is -1.67. The second-order valence-corrected chi connectivity index (χ2v) is 6.53.